The summed E-state index contributed by atoms with van der Waals surface area (Å²) in [6, 6.07) is 0. The standard InChI is InChI=1S/C14H25N3O/c1-4-5-10-6-8-11(9-7-10)12-16-13(18-17-12)14(2,3)15/h10-11H,4-9,15H2,1-3H3. The summed E-state index contributed by atoms with van der Waals surface area (Å²) in [6.45, 7) is 6.05. The van der Waals surface area contributed by atoms with Gasteiger partial charge in [-0.05, 0) is 45.4 Å². The fourth-order valence-electron chi connectivity index (χ4n) is 2.78. The third-order valence-corrected chi connectivity index (χ3v) is 3.90. The molecule has 2 rings (SSSR count). The summed E-state index contributed by atoms with van der Waals surface area (Å²) >= 11 is 0. The van der Waals surface area contributed by atoms with E-state index in [9.17, 15) is 0 Å². The molecule has 4 nitrogen and oxygen atoms in total. The first-order valence-electron chi connectivity index (χ1n) is 7.13. The summed E-state index contributed by atoms with van der Waals surface area (Å²) in [6.07, 6.45) is 7.63. The smallest absolute Gasteiger partial charge is 0.246 e. The van der Waals surface area contributed by atoms with Crippen LogP contribution in [0, 0.1) is 5.92 Å². The van der Waals surface area contributed by atoms with Gasteiger partial charge in [0.05, 0.1) is 5.54 Å². The average Bonchev–Trinajstić information content (AvgIpc) is 2.79. The molecule has 1 aliphatic carbocycles. The van der Waals surface area contributed by atoms with Gasteiger partial charge in [0.15, 0.2) is 5.82 Å². The van der Waals surface area contributed by atoms with Crippen LogP contribution >= 0.6 is 0 Å². The molecule has 0 aliphatic heterocycles. The van der Waals surface area contributed by atoms with E-state index in [-0.39, 0.29) is 0 Å². The van der Waals surface area contributed by atoms with Crippen molar-refractivity contribution in [2.24, 2.45) is 11.7 Å². The van der Waals surface area contributed by atoms with Gasteiger partial charge >= 0.3 is 0 Å². The van der Waals surface area contributed by atoms with Crippen LogP contribution in [0.4, 0.5) is 0 Å². The number of nitrogens with zero attached hydrogens (tertiary/aromatic N) is 2. The predicted octanol–water partition coefficient (Wildman–Crippen LogP) is 3.34. The monoisotopic (exact) mass is 251 g/mol. The number of nitrogens with two attached hydrogens (primary N) is 1. The van der Waals surface area contributed by atoms with Gasteiger partial charge in [0.25, 0.3) is 0 Å². The molecule has 1 fully saturated rings. The van der Waals surface area contributed by atoms with Crippen molar-refractivity contribution in [3.05, 3.63) is 11.7 Å². The van der Waals surface area contributed by atoms with Crippen LogP contribution in [-0.4, -0.2) is 10.1 Å². The molecule has 0 radical (unpaired) electrons. The van der Waals surface area contributed by atoms with Crippen molar-refractivity contribution in [2.75, 3.05) is 0 Å². The van der Waals surface area contributed by atoms with Crippen LogP contribution in [0.15, 0.2) is 4.52 Å². The van der Waals surface area contributed by atoms with E-state index in [0.29, 0.717) is 11.8 Å². The minimum Gasteiger partial charge on any atom is -0.337 e. The highest BCUT2D eigenvalue weighted by molar-refractivity contribution is 5.02. The molecule has 0 saturated heterocycles. The van der Waals surface area contributed by atoms with Gasteiger partial charge in [-0.2, -0.15) is 4.98 Å². The Morgan fingerprint density at radius 3 is 2.44 bits per heavy atom. The molecule has 18 heavy (non-hydrogen) atoms. The van der Waals surface area contributed by atoms with Crippen molar-refractivity contribution < 1.29 is 4.52 Å². The van der Waals surface area contributed by atoms with Gasteiger partial charge in [-0.15, -0.1) is 0 Å². The van der Waals surface area contributed by atoms with Crippen LogP contribution in [0.3, 0.4) is 0 Å². The Morgan fingerprint density at radius 2 is 1.94 bits per heavy atom. The maximum atomic E-state index is 5.96. The first-order valence-corrected chi connectivity index (χ1v) is 7.13. The summed E-state index contributed by atoms with van der Waals surface area (Å²) < 4.78 is 5.27. The lowest BCUT2D eigenvalue weighted by atomic mass is 9.80. The van der Waals surface area contributed by atoms with E-state index in [1.807, 2.05) is 13.8 Å². The second-order valence-electron chi connectivity index (χ2n) is 6.19. The zero-order valence-electron chi connectivity index (χ0n) is 11.8. The van der Waals surface area contributed by atoms with Crippen LogP contribution < -0.4 is 5.73 Å². The number of rotatable bonds is 4. The van der Waals surface area contributed by atoms with Gasteiger partial charge in [0.1, 0.15) is 0 Å². The van der Waals surface area contributed by atoms with Gasteiger partial charge in [-0.1, -0.05) is 24.9 Å². The van der Waals surface area contributed by atoms with Crippen molar-refractivity contribution in [3.8, 4) is 0 Å². The fraction of sp³-hybridized carbons (Fsp3) is 0.857. The van der Waals surface area contributed by atoms with E-state index in [1.165, 1.54) is 38.5 Å². The minimum atomic E-state index is -0.537. The number of hydrogen-bond acceptors (Lipinski definition) is 4. The Hall–Kier alpha value is -0.900. The number of hydrogen-bond donors (Lipinski definition) is 1. The molecular formula is C14H25N3O. The third-order valence-electron chi connectivity index (χ3n) is 3.90. The van der Waals surface area contributed by atoms with Crippen molar-refractivity contribution in [1.29, 1.82) is 0 Å². The molecule has 4 heteroatoms. The summed E-state index contributed by atoms with van der Waals surface area (Å²) in [5, 5.41) is 4.11. The van der Waals surface area contributed by atoms with Crippen molar-refractivity contribution in [3.63, 3.8) is 0 Å². The van der Waals surface area contributed by atoms with Crippen LogP contribution in [0.2, 0.25) is 0 Å². The molecular weight excluding hydrogens is 226 g/mol. The van der Waals surface area contributed by atoms with Gasteiger partial charge in [-0.25, -0.2) is 0 Å². The maximum absolute atomic E-state index is 5.96. The second kappa shape index (κ2) is 5.39. The van der Waals surface area contributed by atoms with Crippen molar-refractivity contribution in [2.45, 2.75) is 70.8 Å². The quantitative estimate of drug-likeness (QED) is 0.891. The molecule has 0 amide bonds. The molecule has 0 aromatic carbocycles. The lowest BCUT2D eigenvalue weighted by Crippen LogP contribution is -2.29. The molecule has 0 atom stereocenters. The Kier molecular flexibility index (Phi) is 4.05. The summed E-state index contributed by atoms with van der Waals surface area (Å²) in [5.74, 6) is 2.79. The topological polar surface area (TPSA) is 64.9 Å². The van der Waals surface area contributed by atoms with Crippen LogP contribution in [0.5, 0.6) is 0 Å². The van der Waals surface area contributed by atoms with Crippen LogP contribution in [0.1, 0.15) is 76.9 Å². The van der Waals surface area contributed by atoms with E-state index >= 15 is 0 Å². The molecule has 1 aromatic rings. The van der Waals surface area contributed by atoms with E-state index in [1.54, 1.807) is 0 Å². The minimum absolute atomic E-state index is 0.470. The second-order valence-corrected chi connectivity index (χ2v) is 6.19. The Balaban J connectivity index is 1.95. The normalized spacial score (nSPS) is 25.3. The van der Waals surface area contributed by atoms with E-state index < -0.39 is 5.54 Å². The largest absolute Gasteiger partial charge is 0.337 e. The molecule has 1 heterocycles. The highest BCUT2D eigenvalue weighted by atomic mass is 16.5. The zero-order chi connectivity index (χ0) is 13.2. The molecule has 0 spiro atoms. The summed E-state index contributed by atoms with van der Waals surface area (Å²) in [7, 11) is 0. The molecule has 1 aliphatic rings. The van der Waals surface area contributed by atoms with E-state index in [0.717, 1.165) is 11.7 Å². The summed E-state index contributed by atoms with van der Waals surface area (Å²) in [4.78, 5) is 4.47. The molecule has 0 bridgehead atoms. The van der Waals surface area contributed by atoms with Gasteiger partial charge < -0.3 is 10.3 Å². The highest BCUT2D eigenvalue weighted by Gasteiger charge is 2.28. The zero-order valence-corrected chi connectivity index (χ0v) is 11.8. The molecule has 1 aromatic heterocycles. The predicted molar refractivity (Wildman–Crippen MR) is 71.1 cm³/mol. The Labute approximate surface area is 109 Å². The lowest BCUT2D eigenvalue weighted by Gasteiger charge is -2.26. The molecule has 1 saturated carbocycles. The third kappa shape index (κ3) is 3.10. The summed E-state index contributed by atoms with van der Waals surface area (Å²) in [5.41, 5.74) is 5.43. The Morgan fingerprint density at radius 1 is 1.28 bits per heavy atom. The molecule has 0 unspecified atom stereocenters. The van der Waals surface area contributed by atoms with Crippen LogP contribution in [0.25, 0.3) is 0 Å². The first kappa shape index (κ1) is 13.5. The van der Waals surface area contributed by atoms with Crippen molar-refractivity contribution in [1.82, 2.24) is 10.1 Å². The fourth-order valence-corrected chi connectivity index (χ4v) is 2.78. The maximum Gasteiger partial charge on any atom is 0.246 e. The molecule has 102 valence electrons. The van der Waals surface area contributed by atoms with Crippen LogP contribution in [-0.2, 0) is 5.54 Å². The van der Waals surface area contributed by atoms with E-state index in [2.05, 4.69) is 17.1 Å². The number of aromatic nitrogens is 2. The SMILES string of the molecule is CCCC1CCC(c2noc(C(C)(C)N)n2)CC1. The van der Waals surface area contributed by atoms with Gasteiger partial charge in [-0.3, -0.25) is 0 Å². The average molecular weight is 251 g/mol. The van der Waals surface area contributed by atoms with Crippen molar-refractivity contribution >= 4 is 0 Å². The van der Waals surface area contributed by atoms with Gasteiger partial charge in [0.2, 0.25) is 5.89 Å². The molecule has 2 N–H and O–H groups in total. The van der Waals surface area contributed by atoms with E-state index in [4.69, 9.17) is 10.3 Å². The Bertz CT molecular complexity index is 373. The first-order chi connectivity index (χ1) is 8.50. The highest BCUT2D eigenvalue weighted by Crippen LogP contribution is 2.36. The van der Waals surface area contributed by atoms with Gasteiger partial charge in [0, 0.05) is 5.92 Å². The lowest BCUT2D eigenvalue weighted by molar-refractivity contribution is 0.287.